The normalized spacial score (nSPS) is 11.7. The van der Waals surface area contributed by atoms with Gasteiger partial charge in [0.25, 0.3) is 0 Å². The van der Waals surface area contributed by atoms with Crippen molar-refractivity contribution in [3.8, 4) is 0 Å². The third kappa shape index (κ3) is 6.58. The van der Waals surface area contributed by atoms with E-state index in [4.69, 9.17) is 12.2 Å². The summed E-state index contributed by atoms with van der Waals surface area (Å²) in [5.41, 5.74) is -0.0710. The molecule has 1 rings (SSSR count). The molecule has 0 radical (unpaired) electrons. The van der Waals surface area contributed by atoms with E-state index < -0.39 is 11.7 Å². The van der Waals surface area contributed by atoms with Crippen molar-refractivity contribution in [2.24, 2.45) is 0 Å². The second-order valence-electron chi connectivity index (χ2n) is 4.49. The molecule has 0 spiro atoms. The van der Waals surface area contributed by atoms with Gasteiger partial charge in [-0.2, -0.15) is 13.2 Å². The molecule has 0 fully saturated rings. The maximum absolute atomic E-state index is 12.6. The van der Waals surface area contributed by atoms with Crippen LogP contribution in [0.3, 0.4) is 0 Å². The van der Waals surface area contributed by atoms with Crippen LogP contribution in [0.5, 0.6) is 0 Å². The number of thiocarbonyl (C=S) groups is 1. The van der Waals surface area contributed by atoms with Crippen molar-refractivity contribution in [1.29, 1.82) is 0 Å². The lowest BCUT2D eigenvalue weighted by Gasteiger charge is -2.12. The van der Waals surface area contributed by atoms with Gasteiger partial charge >= 0.3 is 6.18 Å². The van der Waals surface area contributed by atoms with E-state index in [0.717, 1.165) is 24.4 Å². The predicted molar refractivity (Wildman–Crippen MR) is 81.9 cm³/mol. The first-order chi connectivity index (χ1) is 9.29. The fourth-order valence-electron chi connectivity index (χ4n) is 1.40. The molecule has 0 saturated carbocycles. The zero-order chi connectivity index (χ0) is 15.2. The maximum Gasteiger partial charge on any atom is 0.416 e. The monoisotopic (exact) mass is 322 g/mol. The van der Waals surface area contributed by atoms with Crippen LogP contribution in [0.15, 0.2) is 24.3 Å². The Bertz CT molecular complexity index is 447. The van der Waals surface area contributed by atoms with E-state index in [2.05, 4.69) is 5.32 Å². The Balaban J connectivity index is 2.44. The zero-order valence-electron chi connectivity index (χ0n) is 11.3. The van der Waals surface area contributed by atoms with Gasteiger partial charge in [-0.15, -0.1) is 0 Å². The van der Waals surface area contributed by atoms with Gasteiger partial charge in [0.05, 0.1) is 5.56 Å². The highest BCUT2D eigenvalue weighted by Crippen LogP contribution is 2.29. The number of alkyl halides is 3. The molecule has 7 heteroatoms. The van der Waals surface area contributed by atoms with E-state index >= 15 is 0 Å². The van der Waals surface area contributed by atoms with Gasteiger partial charge < -0.3 is 10.2 Å². The van der Waals surface area contributed by atoms with Gasteiger partial charge in [0.15, 0.2) is 0 Å². The van der Waals surface area contributed by atoms with Crippen molar-refractivity contribution < 1.29 is 13.2 Å². The van der Waals surface area contributed by atoms with E-state index in [1.54, 1.807) is 6.07 Å². The van der Waals surface area contributed by atoms with Crippen molar-refractivity contribution in [2.75, 3.05) is 26.4 Å². The maximum atomic E-state index is 12.6. The molecule has 0 atom stereocenters. The minimum Gasteiger partial charge on any atom is -0.367 e. The van der Waals surface area contributed by atoms with Gasteiger partial charge in [0.2, 0.25) is 0 Å². The van der Waals surface area contributed by atoms with Gasteiger partial charge in [-0.05, 0) is 31.8 Å². The van der Waals surface area contributed by atoms with E-state index in [0.29, 0.717) is 16.4 Å². The number of halogens is 3. The molecule has 0 amide bonds. The molecule has 0 heterocycles. The number of hydrogen-bond donors (Lipinski definition) is 1. The average Bonchev–Trinajstić information content (AvgIpc) is 2.35. The molecule has 0 bridgehead atoms. The van der Waals surface area contributed by atoms with Gasteiger partial charge in [-0.1, -0.05) is 36.1 Å². The molecule has 1 aromatic rings. The van der Waals surface area contributed by atoms with Crippen molar-refractivity contribution in [3.05, 3.63) is 35.4 Å². The molecule has 1 aromatic carbocycles. The first-order valence-corrected chi connectivity index (χ1v) is 7.40. The summed E-state index contributed by atoms with van der Waals surface area (Å²) in [7, 11) is 3.94. The molecule has 0 unspecified atom stereocenters. The van der Waals surface area contributed by atoms with Crippen LogP contribution in [0, 0.1) is 0 Å². The second kappa shape index (κ2) is 7.85. The molecule has 2 nitrogen and oxygen atoms in total. The SMILES string of the molecule is CN(C)CCSC(=S)NCc1cccc(C(F)(F)F)c1. The first-order valence-electron chi connectivity index (χ1n) is 6.00. The van der Waals surface area contributed by atoms with Crippen LogP contribution in [-0.2, 0) is 12.7 Å². The molecule has 0 aliphatic heterocycles. The number of nitrogens with one attached hydrogen (secondary N) is 1. The fraction of sp³-hybridized carbons (Fsp3) is 0.462. The molecule has 0 aliphatic rings. The molecule has 112 valence electrons. The van der Waals surface area contributed by atoms with Gasteiger partial charge in [-0.3, -0.25) is 0 Å². The third-order valence-corrected chi connectivity index (χ3v) is 3.75. The zero-order valence-corrected chi connectivity index (χ0v) is 13.0. The smallest absolute Gasteiger partial charge is 0.367 e. The Morgan fingerprint density at radius 2 is 2.05 bits per heavy atom. The topological polar surface area (TPSA) is 15.3 Å². The fourth-order valence-corrected chi connectivity index (χ4v) is 2.54. The number of rotatable bonds is 5. The summed E-state index contributed by atoms with van der Waals surface area (Å²) in [5, 5.41) is 2.96. The molecule has 20 heavy (non-hydrogen) atoms. The molecule has 1 N–H and O–H groups in total. The van der Waals surface area contributed by atoms with Crippen LogP contribution in [0.4, 0.5) is 13.2 Å². The standard InChI is InChI=1S/C13H17F3N2S2/c1-18(2)6-7-20-12(19)17-9-10-4-3-5-11(8-10)13(14,15)16/h3-5,8H,6-7,9H2,1-2H3,(H,17,19). The van der Waals surface area contributed by atoms with Crippen LogP contribution in [-0.4, -0.2) is 35.6 Å². The summed E-state index contributed by atoms with van der Waals surface area (Å²) in [5.74, 6) is 0.849. The Morgan fingerprint density at radius 1 is 1.35 bits per heavy atom. The number of benzene rings is 1. The summed E-state index contributed by atoms with van der Waals surface area (Å²) >= 11 is 6.61. The lowest BCUT2D eigenvalue weighted by atomic mass is 10.1. The molecule has 0 aromatic heterocycles. The highest BCUT2D eigenvalue weighted by molar-refractivity contribution is 8.22. The van der Waals surface area contributed by atoms with Crippen molar-refractivity contribution in [2.45, 2.75) is 12.7 Å². The Kier molecular flexibility index (Phi) is 6.78. The van der Waals surface area contributed by atoms with Gasteiger partial charge in [0, 0.05) is 18.8 Å². The largest absolute Gasteiger partial charge is 0.416 e. The average molecular weight is 322 g/mol. The molecular weight excluding hydrogens is 305 g/mol. The van der Waals surface area contributed by atoms with Crippen LogP contribution in [0.25, 0.3) is 0 Å². The number of thioether (sulfide) groups is 1. The van der Waals surface area contributed by atoms with Gasteiger partial charge in [-0.25, -0.2) is 0 Å². The second-order valence-corrected chi connectivity index (χ2v) is 6.26. The van der Waals surface area contributed by atoms with Gasteiger partial charge in [0.1, 0.15) is 4.32 Å². The Labute approximate surface area is 126 Å². The van der Waals surface area contributed by atoms with E-state index in [9.17, 15) is 13.2 Å². The summed E-state index contributed by atoms with van der Waals surface area (Å²) in [6, 6.07) is 5.26. The predicted octanol–water partition coefficient (Wildman–Crippen LogP) is 3.37. The summed E-state index contributed by atoms with van der Waals surface area (Å²) in [6.07, 6.45) is -4.31. The number of nitrogens with zero attached hydrogens (tertiary/aromatic N) is 1. The van der Waals surface area contributed by atoms with Crippen LogP contribution >= 0.6 is 24.0 Å². The third-order valence-electron chi connectivity index (χ3n) is 2.46. The van der Waals surface area contributed by atoms with Crippen LogP contribution in [0.1, 0.15) is 11.1 Å². The Hall–Kier alpha value is -0.790. The highest BCUT2D eigenvalue weighted by atomic mass is 32.2. The van der Waals surface area contributed by atoms with Crippen molar-refractivity contribution in [1.82, 2.24) is 10.2 Å². The quantitative estimate of drug-likeness (QED) is 0.836. The first kappa shape index (κ1) is 17.3. The number of hydrogen-bond acceptors (Lipinski definition) is 3. The lowest BCUT2D eigenvalue weighted by Crippen LogP contribution is -2.21. The van der Waals surface area contributed by atoms with Crippen molar-refractivity contribution >= 4 is 28.3 Å². The summed E-state index contributed by atoms with van der Waals surface area (Å²) < 4.78 is 38.3. The van der Waals surface area contributed by atoms with E-state index in [1.165, 1.54) is 17.8 Å². The van der Waals surface area contributed by atoms with Crippen LogP contribution in [0.2, 0.25) is 0 Å². The molecule has 0 aliphatic carbocycles. The molecular formula is C13H17F3N2S2. The lowest BCUT2D eigenvalue weighted by molar-refractivity contribution is -0.137. The van der Waals surface area contributed by atoms with Crippen molar-refractivity contribution in [3.63, 3.8) is 0 Å². The Morgan fingerprint density at radius 3 is 2.65 bits per heavy atom. The van der Waals surface area contributed by atoms with E-state index in [-0.39, 0.29) is 0 Å². The minimum absolute atomic E-state index is 0.303. The summed E-state index contributed by atoms with van der Waals surface area (Å²) in [6.45, 7) is 1.20. The molecule has 0 saturated heterocycles. The minimum atomic E-state index is -4.31. The summed E-state index contributed by atoms with van der Waals surface area (Å²) in [4.78, 5) is 2.04. The van der Waals surface area contributed by atoms with E-state index in [1.807, 2.05) is 19.0 Å². The van der Waals surface area contributed by atoms with Crippen LogP contribution < -0.4 is 5.32 Å². The highest BCUT2D eigenvalue weighted by Gasteiger charge is 2.30.